The highest BCUT2D eigenvalue weighted by molar-refractivity contribution is 6.23. The first-order chi connectivity index (χ1) is 16.6. The summed E-state index contributed by atoms with van der Waals surface area (Å²) >= 11 is 0. The van der Waals surface area contributed by atoms with Gasteiger partial charge in [-0.2, -0.15) is 0 Å². The molecule has 3 heterocycles. The highest BCUT2D eigenvalue weighted by Gasteiger charge is 2.40. The van der Waals surface area contributed by atoms with Crippen molar-refractivity contribution < 1.29 is 23.8 Å². The van der Waals surface area contributed by atoms with Crippen LogP contribution in [0.25, 0.3) is 0 Å². The molecule has 2 amide bonds. The summed E-state index contributed by atoms with van der Waals surface area (Å²) in [6.45, 7) is 5.02. The Labute approximate surface area is 200 Å². The van der Waals surface area contributed by atoms with Crippen molar-refractivity contribution >= 4 is 17.5 Å². The first-order valence-electron chi connectivity index (χ1n) is 11.9. The molecule has 0 bridgehead atoms. The van der Waals surface area contributed by atoms with Crippen molar-refractivity contribution in [2.75, 3.05) is 58.5 Å². The van der Waals surface area contributed by atoms with E-state index >= 15 is 0 Å². The fraction of sp³-hybridized carbons (Fsp3) is 0.462. The molecular weight excluding hydrogens is 434 g/mol. The predicted octanol–water partition coefficient (Wildman–Crippen LogP) is 2.80. The molecule has 2 aromatic carbocycles. The second-order valence-corrected chi connectivity index (χ2v) is 9.00. The minimum atomic E-state index is -0.207. The normalized spacial score (nSPS) is 20.7. The first kappa shape index (κ1) is 22.7. The Hall–Kier alpha value is -3.10. The molecule has 0 unspecified atom stereocenters. The van der Waals surface area contributed by atoms with Crippen molar-refractivity contribution in [3.8, 4) is 11.5 Å². The highest BCUT2D eigenvalue weighted by Crippen LogP contribution is 2.33. The van der Waals surface area contributed by atoms with Crippen molar-refractivity contribution in [3.63, 3.8) is 0 Å². The van der Waals surface area contributed by atoms with Gasteiger partial charge in [-0.25, -0.2) is 0 Å². The molecule has 5 rings (SSSR count). The van der Waals surface area contributed by atoms with Gasteiger partial charge in [-0.15, -0.1) is 0 Å². The van der Waals surface area contributed by atoms with Crippen LogP contribution in [0.3, 0.4) is 0 Å². The number of hydrogen-bond acceptors (Lipinski definition) is 7. The molecule has 2 saturated heterocycles. The lowest BCUT2D eigenvalue weighted by molar-refractivity contribution is 0.0475. The zero-order valence-corrected chi connectivity index (χ0v) is 19.8. The van der Waals surface area contributed by atoms with E-state index in [1.807, 2.05) is 30.3 Å². The Morgan fingerprint density at radius 2 is 1.82 bits per heavy atom. The molecule has 0 spiro atoms. The number of anilines is 1. The highest BCUT2D eigenvalue weighted by atomic mass is 16.5. The second kappa shape index (κ2) is 9.64. The number of rotatable bonds is 7. The van der Waals surface area contributed by atoms with Crippen LogP contribution in [-0.2, 0) is 11.3 Å². The Balaban J connectivity index is 1.28. The van der Waals surface area contributed by atoms with Crippen molar-refractivity contribution in [3.05, 3.63) is 53.1 Å². The largest absolute Gasteiger partial charge is 0.497 e. The fourth-order valence-corrected chi connectivity index (χ4v) is 5.13. The zero-order valence-electron chi connectivity index (χ0n) is 19.8. The smallest absolute Gasteiger partial charge is 0.263 e. The Morgan fingerprint density at radius 1 is 1.00 bits per heavy atom. The molecule has 8 nitrogen and oxygen atoms in total. The van der Waals surface area contributed by atoms with E-state index in [-0.39, 0.29) is 17.9 Å². The monoisotopic (exact) mass is 465 g/mol. The molecule has 0 N–H and O–H groups in total. The Bertz CT molecular complexity index is 1070. The second-order valence-electron chi connectivity index (χ2n) is 9.00. The number of piperazine rings is 1. The summed E-state index contributed by atoms with van der Waals surface area (Å²) in [5.74, 6) is 1.25. The van der Waals surface area contributed by atoms with E-state index in [9.17, 15) is 9.59 Å². The molecule has 180 valence electrons. The van der Waals surface area contributed by atoms with Crippen LogP contribution in [0.15, 0.2) is 36.4 Å². The van der Waals surface area contributed by atoms with E-state index in [4.69, 9.17) is 14.2 Å². The van der Waals surface area contributed by atoms with E-state index in [1.54, 1.807) is 20.3 Å². The van der Waals surface area contributed by atoms with E-state index in [1.165, 1.54) is 4.90 Å². The lowest BCUT2D eigenvalue weighted by Crippen LogP contribution is -2.46. The topological polar surface area (TPSA) is 71.6 Å². The number of methoxy groups -OCH3 is 2. The summed E-state index contributed by atoms with van der Waals surface area (Å²) in [5.41, 5.74) is 2.98. The third kappa shape index (κ3) is 4.23. The van der Waals surface area contributed by atoms with Gasteiger partial charge in [0.2, 0.25) is 0 Å². The van der Waals surface area contributed by atoms with Crippen LogP contribution in [0.2, 0.25) is 0 Å². The van der Waals surface area contributed by atoms with E-state index in [0.29, 0.717) is 24.3 Å². The van der Waals surface area contributed by atoms with Gasteiger partial charge in [0.1, 0.15) is 11.5 Å². The standard InChI is InChI=1S/C26H31N3O5/c1-32-19-8-9-23(33-2)18(15-19)16-27-10-12-28(13-11-27)22-7-3-6-21-24(22)26(31)29(25(21)30)17-20-5-4-14-34-20/h3,6-9,15,20H,4-5,10-14,16-17H2,1-2H3/t20-/m1/s1. The van der Waals surface area contributed by atoms with Gasteiger partial charge in [-0.3, -0.25) is 19.4 Å². The van der Waals surface area contributed by atoms with Crippen LogP contribution in [0.5, 0.6) is 11.5 Å². The zero-order chi connectivity index (χ0) is 23.7. The molecule has 0 aromatic heterocycles. The van der Waals surface area contributed by atoms with Crippen molar-refractivity contribution in [1.29, 1.82) is 0 Å². The lowest BCUT2D eigenvalue weighted by atomic mass is 10.1. The van der Waals surface area contributed by atoms with Gasteiger partial charge in [0.25, 0.3) is 11.8 Å². The number of ether oxygens (including phenoxy) is 3. The van der Waals surface area contributed by atoms with E-state index in [2.05, 4.69) is 9.80 Å². The summed E-state index contributed by atoms with van der Waals surface area (Å²) in [7, 11) is 3.34. The third-order valence-electron chi connectivity index (χ3n) is 6.98. The fourth-order valence-electron chi connectivity index (χ4n) is 5.13. The number of imide groups is 1. The molecule has 34 heavy (non-hydrogen) atoms. The molecule has 0 aliphatic carbocycles. The molecule has 3 aliphatic heterocycles. The number of amides is 2. The van der Waals surface area contributed by atoms with Crippen LogP contribution in [0, 0.1) is 0 Å². The summed E-state index contributed by atoms with van der Waals surface area (Å²) in [6.07, 6.45) is 1.81. The maximum atomic E-state index is 13.3. The van der Waals surface area contributed by atoms with Gasteiger partial charge >= 0.3 is 0 Å². The van der Waals surface area contributed by atoms with Gasteiger partial charge < -0.3 is 19.1 Å². The molecule has 0 radical (unpaired) electrons. The van der Waals surface area contributed by atoms with Crippen molar-refractivity contribution in [2.24, 2.45) is 0 Å². The van der Waals surface area contributed by atoms with Gasteiger partial charge in [0, 0.05) is 44.9 Å². The molecule has 0 saturated carbocycles. The first-order valence-corrected chi connectivity index (χ1v) is 11.9. The van der Waals surface area contributed by atoms with Crippen LogP contribution in [-0.4, -0.2) is 81.3 Å². The summed E-state index contributed by atoms with van der Waals surface area (Å²) in [4.78, 5) is 32.2. The number of carbonyl (C=O) groups is 2. The average molecular weight is 466 g/mol. The Morgan fingerprint density at radius 3 is 2.53 bits per heavy atom. The molecule has 8 heteroatoms. The number of fused-ring (bicyclic) bond motifs is 1. The maximum Gasteiger partial charge on any atom is 0.263 e. The van der Waals surface area contributed by atoms with Gasteiger partial charge in [-0.1, -0.05) is 6.07 Å². The summed E-state index contributed by atoms with van der Waals surface area (Å²) in [6, 6.07) is 11.4. The molecule has 3 aliphatic rings. The minimum Gasteiger partial charge on any atom is -0.497 e. The number of hydrogen-bond donors (Lipinski definition) is 0. The van der Waals surface area contributed by atoms with Crippen LogP contribution in [0.1, 0.15) is 39.1 Å². The third-order valence-corrected chi connectivity index (χ3v) is 6.98. The maximum absolute atomic E-state index is 13.3. The van der Waals surface area contributed by atoms with E-state index in [0.717, 1.165) is 68.3 Å². The summed E-state index contributed by atoms with van der Waals surface area (Å²) < 4.78 is 16.6. The van der Waals surface area contributed by atoms with E-state index < -0.39 is 0 Å². The lowest BCUT2D eigenvalue weighted by Gasteiger charge is -2.37. The van der Waals surface area contributed by atoms with Crippen LogP contribution >= 0.6 is 0 Å². The van der Waals surface area contributed by atoms with Crippen molar-refractivity contribution in [2.45, 2.75) is 25.5 Å². The number of benzene rings is 2. The molecule has 1 atom stereocenters. The predicted molar refractivity (Wildman–Crippen MR) is 128 cm³/mol. The van der Waals surface area contributed by atoms with Crippen LogP contribution in [0.4, 0.5) is 5.69 Å². The van der Waals surface area contributed by atoms with Gasteiger partial charge in [-0.05, 0) is 43.2 Å². The van der Waals surface area contributed by atoms with Crippen LogP contribution < -0.4 is 14.4 Å². The minimum absolute atomic E-state index is 0.0530. The SMILES string of the molecule is COc1ccc(OC)c(CN2CCN(c3cccc4c3C(=O)N(C[C@H]3CCCO3)C4=O)CC2)c1. The number of nitrogens with zero attached hydrogens (tertiary/aromatic N) is 3. The summed E-state index contributed by atoms with van der Waals surface area (Å²) in [5, 5.41) is 0. The van der Waals surface area contributed by atoms with Gasteiger partial charge in [0.05, 0.1) is 43.7 Å². The molecule has 2 fully saturated rings. The van der Waals surface area contributed by atoms with Gasteiger partial charge in [0.15, 0.2) is 0 Å². The quantitative estimate of drug-likeness (QED) is 0.583. The molecular formula is C26H31N3O5. The average Bonchev–Trinajstić information content (AvgIpc) is 3.47. The Kier molecular flexibility index (Phi) is 6.43. The molecule has 2 aromatic rings. The van der Waals surface area contributed by atoms with Crippen molar-refractivity contribution in [1.82, 2.24) is 9.80 Å². The number of carbonyl (C=O) groups excluding carboxylic acids is 2.